The Morgan fingerprint density at radius 3 is 2.43 bits per heavy atom. The lowest BCUT2D eigenvalue weighted by Gasteiger charge is -2.35. The van der Waals surface area contributed by atoms with E-state index in [0.717, 1.165) is 19.5 Å². The van der Waals surface area contributed by atoms with Crippen molar-refractivity contribution >= 4 is 22.3 Å². The molecule has 2 fully saturated rings. The molecule has 37 heavy (non-hydrogen) atoms. The van der Waals surface area contributed by atoms with Gasteiger partial charge >= 0.3 is 0 Å². The van der Waals surface area contributed by atoms with Crippen LogP contribution in [-0.2, 0) is 10.5 Å². The summed E-state index contributed by atoms with van der Waals surface area (Å²) in [7, 11) is 0. The van der Waals surface area contributed by atoms with Gasteiger partial charge in [0.1, 0.15) is 17.1 Å². The second-order valence-electron chi connectivity index (χ2n) is 9.78. The third kappa shape index (κ3) is 5.24. The Bertz CT molecular complexity index is 1450. The number of carbonyl (C=O) groups excluding carboxylic acids is 1. The molecule has 3 aromatic heterocycles. The molecular weight excluding hydrogens is 479 g/mol. The van der Waals surface area contributed by atoms with Gasteiger partial charge in [0, 0.05) is 49.4 Å². The fourth-order valence-electron chi connectivity index (χ4n) is 4.97. The van der Waals surface area contributed by atoms with Crippen molar-refractivity contribution < 1.29 is 18.0 Å². The predicted molar refractivity (Wildman–Crippen MR) is 137 cm³/mol. The maximum atomic E-state index is 15.6. The summed E-state index contributed by atoms with van der Waals surface area (Å²) < 4.78 is 46.7. The number of imidazole rings is 1. The zero-order valence-electron chi connectivity index (χ0n) is 21.0. The topological polar surface area (TPSA) is 62.5 Å². The highest BCUT2D eigenvalue weighted by Crippen LogP contribution is 2.37. The molecule has 6 nitrogen and oxygen atoms in total. The Morgan fingerprint density at radius 2 is 1.78 bits per heavy atom. The summed E-state index contributed by atoms with van der Waals surface area (Å²) in [5.74, 6) is -0.682. The summed E-state index contributed by atoms with van der Waals surface area (Å²) in [5, 5.41) is 3.47. The molecule has 0 unspecified atom stereocenters. The molecule has 0 amide bonds. The zero-order chi connectivity index (χ0) is 26.2. The quantitative estimate of drug-likeness (QED) is 0.423. The number of benzene rings is 1. The first-order valence-electron chi connectivity index (χ1n) is 12.7. The minimum atomic E-state index is -1.54. The Labute approximate surface area is 213 Å². The molecule has 0 atom stereocenters. The van der Waals surface area contributed by atoms with E-state index >= 15 is 8.78 Å². The SMILES string of the molecule is CCN1CCC(F)(c2ccc3cc(-c4cc(F)c5nc(C)cn5c4)cc(F)c3n2)CC1.O=C1CCNC1. The third-order valence-corrected chi connectivity index (χ3v) is 7.16. The van der Waals surface area contributed by atoms with Crippen LogP contribution < -0.4 is 5.32 Å². The number of hydrogen-bond donors (Lipinski definition) is 1. The van der Waals surface area contributed by atoms with Gasteiger partial charge in [-0.2, -0.15) is 0 Å². The summed E-state index contributed by atoms with van der Waals surface area (Å²) >= 11 is 0. The predicted octanol–water partition coefficient (Wildman–Crippen LogP) is 4.97. The normalized spacial score (nSPS) is 17.8. The smallest absolute Gasteiger partial charge is 0.173 e. The van der Waals surface area contributed by atoms with Crippen LogP contribution in [0.25, 0.3) is 27.7 Å². The third-order valence-electron chi connectivity index (χ3n) is 7.16. The molecule has 0 saturated carbocycles. The van der Waals surface area contributed by atoms with Gasteiger partial charge in [0.2, 0.25) is 0 Å². The highest BCUT2D eigenvalue weighted by Gasteiger charge is 2.37. The molecule has 0 bridgehead atoms. The number of pyridine rings is 2. The number of piperidine rings is 1. The van der Waals surface area contributed by atoms with Crippen LogP contribution in [-0.4, -0.2) is 57.8 Å². The van der Waals surface area contributed by atoms with Crippen molar-refractivity contribution in [1.29, 1.82) is 0 Å². The maximum absolute atomic E-state index is 15.6. The summed E-state index contributed by atoms with van der Waals surface area (Å²) in [6.45, 7) is 7.55. The summed E-state index contributed by atoms with van der Waals surface area (Å²) in [4.78, 5) is 20.9. The van der Waals surface area contributed by atoms with Crippen molar-refractivity contribution in [2.45, 2.75) is 38.8 Å². The minimum absolute atomic E-state index is 0.135. The summed E-state index contributed by atoms with van der Waals surface area (Å²) in [6, 6.07) is 7.78. The van der Waals surface area contributed by atoms with E-state index in [2.05, 4.69) is 27.1 Å². The van der Waals surface area contributed by atoms with Crippen LogP contribution in [0.15, 0.2) is 42.7 Å². The van der Waals surface area contributed by atoms with Gasteiger partial charge in [0.05, 0.1) is 17.9 Å². The fraction of sp³-hybridized carbons (Fsp3) is 0.393. The van der Waals surface area contributed by atoms with Crippen molar-refractivity contribution in [3.05, 3.63) is 65.7 Å². The van der Waals surface area contributed by atoms with Crippen molar-refractivity contribution in [1.82, 2.24) is 24.6 Å². The molecule has 5 heterocycles. The number of ketones is 1. The van der Waals surface area contributed by atoms with Crippen molar-refractivity contribution in [3.8, 4) is 11.1 Å². The Balaban J connectivity index is 0.000000412. The maximum Gasteiger partial charge on any atom is 0.173 e. The number of hydrogen-bond acceptors (Lipinski definition) is 5. The first-order chi connectivity index (χ1) is 17.8. The van der Waals surface area contributed by atoms with Crippen LogP contribution in [0, 0.1) is 18.6 Å². The van der Waals surface area contributed by atoms with Gasteiger partial charge in [-0.15, -0.1) is 0 Å². The lowest BCUT2D eigenvalue weighted by Crippen LogP contribution is -2.40. The number of nitrogens with zero attached hydrogens (tertiary/aromatic N) is 4. The highest BCUT2D eigenvalue weighted by atomic mass is 19.1. The van der Waals surface area contributed by atoms with Crippen LogP contribution in [0.3, 0.4) is 0 Å². The largest absolute Gasteiger partial charge is 0.310 e. The van der Waals surface area contributed by atoms with Gasteiger partial charge in [-0.3, -0.25) is 4.79 Å². The molecule has 194 valence electrons. The number of fused-ring (bicyclic) bond motifs is 2. The van der Waals surface area contributed by atoms with Crippen molar-refractivity contribution in [2.24, 2.45) is 0 Å². The number of halogens is 3. The molecule has 2 aliphatic heterocycles. The van der Waals surface area contributed by atoms with Crippen LogP contribution in [0.4, 0.5) is 13.2 Å². The minimum Gasteiger partial charge on any atom is -0.310 e. The lowest BCUT2D eigenvalue weighted by atomic mass is 9.89. The van der Waals surface area contributed by atoms with Gasteiger partial charge in [-0.25, -0.2) is 23.1 Å². The average Bonchev–Trinajstić information content (AvgIpc) is 3.52. The molecule has 2 aliphatic rings. The second-order valence-corrected chi connectivity index (χ2v) is 9.78. The first kappa shape index (κ1) is 25.4. The molecule has 2 saturated heterocycles. The lowest BCUT2D eigenvalue weighted by molar-refractivity contribution is -0.116. The van der Waals surface area contributed by atoms with E-state index in [-0.39, 0.29) is 16.9 Å². The molecule has 0 aliphatic carbocycles. The first-order valence-corrected chi connectivity index (χ1v) is 12.7. The van der Waals surface area contributed by atoms with E-state index in [9.17, 15) is 9.18 Å². The van der Waals surface area contributed by atoms with Crippen LogP contribution in [0.5, 0.6) is 0 Å². The van der Waals surface area contributed by atoms with Gasteiger partial charge < -0.3 is 14.6 Å². The van der Waals surface area contributed by atoms with Gasteiger partial charge in [0.25, 0.3) is 0 Å². The Hall–Kier alpha value is -3.30. The summed E-state index contributed by atoms with van der Waals surface area (Å²) in [6.07, 6.45) is 4.88. The monoisotopic (exact) mass is 509 g/mol. The zero-order valence-corrected chi connectivity index (χ0v) is 21.0. The van der Waals surface area contributed by atoms with Crippen LogP contribution >= 0.6 is 0 Å². The van der Waals surface area contributed by atoms with Gasteiger partial charge in [0.15, 0.2) is 17.1 Å². The van der Waals surface area contributed by atoms with Crippen molar-refractivity contribution in [2.75, 3.05) is 32.7 Å². The molecule has 1 aromatic carbocycles. The molecule has 9 heteroatoms. The second kappa shape index (κ2) is 10.2. The number of aromatic nitrogens is 3. The van der Waals surface area contributed by atoms with Gasteiger partial charge in [-0.05, 0) is 56.1 Å². The van der Waals surface area contributed by atoms with E-state index in [1.54, 1.807) is 41.9 Å². The number of alkyl halides is 1. The average molecular weight is 510 g/mol. The molecule has 0 radical (unpaired) electrons. The molecule has 6 rings (SSSR count). The van der Waals surface area contributed by atoms with Crippen LogP contribution in [0.1, 0.15) is 37.6 Å². The van der Waals surface area contributed by atoms with E-state index in [1.807, 2.05) is 0 Å². The molecule has 4 aromatic rings. The van der Waals surface area contributed by atoms with Crippen molar-refractivity contribution in [3.63, 3.8) is 0 Å². The standard InChI is InChI=1S/C24H23F3N4.C4H7NO/c1-3-30-8-6-24(27,7-9-30)21-5-4-16-10-17(11-19(25)22(16)29-21)18-12-20(26)23-28-15(2)13-31(23)14-18;6-4-1-2-5-3-4/h4-5,10-14H,3,6-9H2,1-2H3;5H,1-3H2. The van der Waals surface area contributed by atoms with Crippen LogP contribution in [0.2, 0.25) is 0 Å². The highest BCUT2D eigenvalue weighted by molar-refractivity contribution is 5.85. The molecule has 0 spiro atoms. The van der Waals surface area contributed by atoms with E-state index in [0.29, 0.717) is 60.5 Å². The molecular formula is C28H30F3N5O. The van der Waals surface area contributed by atoms with Gasteiger partial charge in [-0.1, -0.05) is 13.0 Å². The fourth-order valence-corrected chi connectivity index (χ4v) is 4.97. The van der Waals surface area contributed by atoms with E-state index in [1.165, 1.54) is 12.1 Å². The number of likely N-dealkylation sites (tertiary alicyclic amines) is 1. The number of rotatable bonds is 3. The van der Waals surface area contributed by atoms with E-state index < -0.39 is 17.3 Å². The summed E-state index contributed by atoms with van der Waals surface area (Å²) in [5.41, 5.74) is 0.857. The van der Waals surface area contributed by atoms with E-state index in [4.69, 9.17) is 0 Å². The Morgan fingerprint density at radius 1 is 1.03 bits per heavy atom. The number of aryl methyl sites for hydroxylation is 1. The molecule has 1 N–H and O–H groups in total. The Kier molecular flexibility index (Phi) is 7.00. The number of carbonyl (C=O) groups is 1. The number of nitrogens with one attached hydrogen (secondary N) is 1. The number of Topliss-reactive ketones (excluding diaryl/α,β-unsaturated/α-hetero) is 1.